The molecule has 0 radical (unpaired) electrons. The van der Waals surface area contributed by atoms with Crippen LogP contribution in [0.4, 0.5) is 13.2 Å². The van der Waals surface area contributed by atoms with E-state index in [0.717, 1.165) is 18.2 Å². The first-order valence-corrected chi connectivity index (χ1v) is 5.03. The van der Waals surface area contributed by atoms with Gasteiger partial charge in [0.15, 0.2) is 0 Å². The number of rotatable bonds is 3. The van der Waals surface area contributed by atoms with E-state index >= 15 is 0 Å². The number of hydrogen-bond donors (Lipinski definition) is 1. The second-order valence-electron chi connectivity index (χ2n) is 2.90. The molecule has 0 unspecified atom stereocenters. The zero-order valence-electron chi connectivity index (χ0n) is 8.16. The summed E-state index contributed by atoms with van der Waals surface area (Å²) >= 11 is 3.06. The molecule has 0 fully saturated rings. The monoisotopic (exact) mass is 310 g/mol. The Balaban J connectivity index is 3.08. The average Bonchev–Trinajstić information content (AvgIpc) is 2.16. The van der Waals surface area contributed by atoms with E-state index in [-0.39, 0.29) is 5.56 Å². The Hall–Kier alpha value is -1.50. The second-order valence-corrected chi connectivity index (χ2v) is 3.82. The molecule has 92 valence electrons. The van der Waals surface area contributed by atoms with E-state index in [1.54, 1.807) is 0 Å². The molecular weight excluding hydrogens is 305 g/mol. The number of benzene rings is 1. The average molecular weight is 311 g/mol. The van der Waals surface area contributed by atoms with Gasteiger partial charge in [-0.25, -0.2) is 4.79 Å². The largest absolute Gasteiger partial charge is 0.573 e. The van der Waals surface area contributed by atoms with Gasteiger partial charge in [0.1, 0.15) is 5.75 Å². The number of carboxylic acids is 1. The zero-order valence-corrected chi connectivity index (χ0v) is 9.75. The van der Waals surface area contributed by atoms with Crippen LogP contribution >= 0.6 is 15.9 Å². The Bertz CT molecular complexity index is 455. The summed E-state index contributed by atoms with van der Waals surface area (Å²) in [6.45, 7) is 0. The summed E-state index contributed by atoms with van der Waals surface area (Å²) in [7, 11) is 0. The predicted molar refractivity (Wildman–Crippen MR) is 57.5 cm³/mol. The van der Waals surface area contributed by atoms with Crippen molar-refractivity contribution in [2.75, 3.05) is 0 Å². The van der Waals surface area contributed by atoms with Crippen molar-refractivity contribution in [2.45, 2.75) is 6.36 Å². The number of carboxylic acid groups (broad SMARTS) is 1. The molecule has 0 amide bonds. The van der Waals surface area contributed by atoms with Gasteiger partial charge in [-0.15, -0.1) is 13.2 Å². The number of aliphatic carboxylic acids is 1. The molecule has 0 aliphatic carbocycles. The van der Waals surface area contributed by atoms with Gasteiger partial charge in [0, 0.05) is 16.1 Å². The summed E-state index contributed by atoms with van der Waals surface area (Å²) in [5.74, 6) is -1.72. The van der Waals surface area contributed by atoms with Crippen LogP contribution in [0.2, 0.25) is 0 Å². The molecule has 0 aromatic heterocycles. The van der Waals surface area contributed by atoms with Gasteiger partial charge in [-0.3, -0.25) is 0 Å². The van der Waals surface area contributed by atoms with Crippen molar-refractivity contribution in [2.24, 2.45) is 0 Å². The van der Waals surface area contributed by atoms with Crippen molar-refractivity contribution in [3.05, 3.63) is 34.3 Å². The zero-order chi connectivity index (χ0) is 13.1. The molecule has 7 heteroatoms. The van der Waals surface area contributed by atoms with Crippen molar-refractivity contribution >= 4 is 28.0 Å². The number of halogens is 4. The van der Waals surface area contributed by atoms with Crippen molar-refractivity contribution in [3.8, 4) is 5.75 Å². The highest BCUT2D eigenvalue weighted by Gasteiger charge is 2.31. The number of carbonyl (C=O) groups is 1. The maximum absolute atomic E-state index is 12.0. The minimum atomic E-state index is -4.82. The summed E-state index contributed by atoms with van der Waals surface area (Å²) in [6.07, 6.45) is -3.07. The van der Waals surface area contributed by atoms with Crippen LogP contribution in [0.25, 0.3) is 6.08 Å². The molecule has 1 rings (SSSR count). The van der Waals surface area contributed by atoms with Crippen LogP contribution in [0.3, 0.4) is 0 Å². The lowest BCUT2D eigenvalue weighted by molar-refractivity contribution is -0.274. The maximum atomic E-state index is 12.0. The summed E-state index contributed by atoms with van der Waals surface area (Å²) < 4.78 is 40.4. The van der Waals surface area contributed by atoms with E-state index in [9.17, 15) is 18.0 Å². The van der Waals surface area contributed by atoms with Crippen LogP contribution in [0.1, 0.15) is 5.56 Å². The van der Waals surface area contributed by atoms with E-state index in [1.807, 2.05) is 0 Å². The van der Waals surface area contributed by atoms with E-state index in [2.05, 4.69) is 20.7 Å². The normalized spacial score (nSPS) is 11.8. The molecular formula is C10H6BrF3O3. The van der Waals surface area contributed by atoms with Crippen molar-refractivity contribution in [3.63, 3.8) is 0 Å². The lowest BCUT2D eigenvalue weighted by Crippen LogP contribution is -2.17. The van der Waals surface area contributed by atoms with Crippen LogP contribution in [-0.2, 0) is 4.79 Å². The molecule has 0 heterocycles. The molecule has 0 atom stereocenters. The predicted octanol–water partition coefficient (Wildman–Crippen LogP) is 3.45. The Morgan fingerprint density at radius 3 is 2.59 bits per heavy atom. The molecule has 1 aromatic rings. The molecule has 0 aliphatic rings. The van der Waals surface area contributed by atoms with Gasteiger partial charge in [-0.1, -0.05) is 15.9 Å². The number of hydrogen-bond acceptors (Lipinski definition) is 2. The van der Waals surface area contributed by atoms with Gasteiger partial charge in [0.05, 0.1) is 0 Å². The quantitative estimate of drug-likeness (QED) is 0.870. The lowest BCUT2D eigenvalue weighted by atomic mass is 10.2. The highest BCUT2D eigenvalue weighted by molar-refractivity contribution is 9.10. The third kappa shape index (κ3) is 4.90. The van der Waals surface area contributed by atoms with Crippen LogP contribution in [-0.4, -0.2) is 17.4 Å². The van der Waals surface area contributed by atoms with E-state index in [4.69, 9.17) is 5.11 Å². The van der Waals surface area contributed by atoms with Crippen LogP contribution in [0.15, 0.2) is 28.7 Å². The summed E-state index contributed by atoms with van der Waals surface area (Å²) in [5, 5.41) is 8.41. The Morgan fingerprint density at radius 1 is 1.41 bits per heavy atom. The number of ether oxygens (including phenoxy) is 1. The minimum Gasteiger partial charge on any atom is -0.478 e. The fraction of sp³-hybridized carbons (Fsp3) is 0.100. The SMILES string of the molecule is O=C(O)C=Cc1cc(Br)ccc1OC(F)(F)F. The molecule has 0 spiro atoms. The van der Waals surface area contributed by atoms with Crippen LogP contribution in [0, 0.1) is 0 Å². The van der Waals surface area contributed by atoms with Gasteiger partial charge >= 0.3 is 12.3 Å². The maximum Gasteiger partial charge on any atom is 0.573 e. The molecule has 0 bridgehead atoms. The topological polar surface area (TPSA) is 46.5 Å². The second kappa shape index (κ2) is 5.22. The van der Waals surface area contributed by atoms with Crippen LogP contribution in [0.5, 0.6) is 5.75 Å². The minimum absolute atomic E-state index is 0.0131. The first-order valence-electron chi connectivity index (χ1n) is 4.24. The third-order valence-electron chi connectivity index (χ3n) is 1.60. The fourth-order valence-corrected chi connectivity index (χ4v) is 1.41. The first kappa shape index (κ1) is 13.6. The highest BCUT2D eigenvalue weighted by Crippen LogP contribution is 2.29. The van der Waals surface area contributed by atoms with E-state index in [1.165, 1.54) is 12.1 Å². The molecule has 0 saturated heterocycles. The fourth-order valence-electron chi connectivity index (χ4n) is 1.03. The van der Waals surface area contributed by atoms with Gasteiger partial charge in [0.2, 0.25) is 0 Å². The standard InChI is InChI=1S/C10H6BrF3O3/c11-7-2-3-8(17-10(12,13)14)6(5-7)1-4-9(15)16/h1-5H,(H,15,16). The summed E-state index contributed by atoms with van der Waals surface area (Å²) in [5.41, 5.74) is 0.0131. The first-order chi connectivity index (χ1) is 7.78. The van der Waals surface area contributed by atoms with Gasteiger partial charge in [0.25, 0.3) is 0 Å². The van der Waals surface area contributed by atoms with Gasteiger partial charge in [-0.05, 0) is 24.3 Å². The summed E-state index contributed by atoms with van der Waals surface area (Å²) in [4.78, 5) is 10.3. The molecule has 0 saturated carbocycles. The van der Waals surface area contributed by atoms with Crippen molar-refractivity contribution in [1.82, 2.24) is 0 Å². The molecule has 3 nitrogen and oxygen atoms in total. The van der Waals surface area contributed by atoms with E-state index < -0.39 is 18.1 Å². The van der Waals surface area contributed by atoms with Crippen molar-refractivity contribution < 1.29 is 27.8 Å². The van der Waals surface area contributed by atoms with Crippen molar-refractivity contribution in [1.29, 1.82) is 0 Å². The smallest absolute Gasteiger partial charge is 0.478 e. The summed E-state index contributed by atoms with van der Waals surface area (Å²) in [6, 6.07) is 3.78. The van der Waals surface area contributed by atoms with Gasteiger partial charge < -0.3 is 9.84 Å². The Morgan fingerprint density at radius 2 is 2.06 bits per heavy atom. The van der Waals surface area contributed by atoms with E-state index in [0.29, 0.717) is 4.47 Å². The Labute approximate surface area is 103 Å². The third-order valence-corrected chi connectivity index (χ3v) is 2.10. The molecule has 0 aliphatic heterocycles. The molecule has 1 N–H and O–H groups in total. The van der Waals surface area contributed by atoms with Gasteiger partial charge in [-0.2, -0.15) is 0 Å². The Kier molecular flexibility index (Phi) is 4.17. The number of alkyl halides is 3. The lowest BCUT2D eigenvalue weighted by Gasteiger charge is -2.11. The molecule has 17 heavy (non-hydrogen) atoms. The van der Waals surface area contributed by atoms with Crippen LogP contribution < -0.4 is 4.74 Å². The molecule has 1 aromatic carbocycles. The highest BCUT2D eigenvalue weighted by atomic mass is 79.9.